The fourth-order valence-electron chi connectivity index (χ4n) is 3.72. The van der Waals surface area contributed by atoms with Crippen molar-refractivity contribution in [2.24, 2.45) is 5.92 Å². The fraction of sp³-hybridized carbons (Fsp3) is 0.500. The summed E-state index contributed by atoms with van der Waals surface area (Å²) in [5.74, 6) is 1.70. The van der Waals surface area contributed by atoms with Gasteiger partial charge in [-0.2, -0.15) is 5.10 Å². The van der Waals surface area contributed by atoms with Crippen LogP contribution in [0.5, 0.6) is 0 Å². The van der Waals surface area contributed by atoms with E-state index in [0.29, 0.717) is 24.7 Å². The van der Waals surface area contributed by atoms with Gasteiger partial charge < -0.3 is 9.64 Å². The number of H-pyrrole nitrogens is 1. The molecule has 1 amide bonds. The number of aromatic nitrogens is 3. The molecule has 132 valence electrons. The summed E-state index contributed by atoms with van der Waals surface area (Å²) >= 11 is 0. The SMILES string of the molecule is Cc1nc([C@@H]2C[C@H]3CCN(C(=O)Cc4ccc(F)cc4)C[C@@H]3O2)n[nH]1. The van der Waals surface area contributed by atoms with Gasteiger partial charge >= 0.3 is 0 Å². The van der Waals surface area contributed by atoms with E-state index in [4.69, 9.17) is 4.74 Å². The topological polar surface area (TPSA) is 71.1 Å². The summed E-state index contributed by atoms with van der Waals surface area (Å²) < 4.78 is 19.1. The quantitative estimate of drug-likeness (QED) is 0.926. The summed E-state index contributed by atoms with van der Waals surface area (Å²) in [5, 5.41) is 7.05. The molecular formula is C18H21FN4O2. The van der Waals surface area contributed by atoms with Gasteiger partial charge in [-0.25, -0.2) is 9.37 Å². The largest absolute Gasteiger partial charge is 0.365 e. The first-order chi connectivity index (χ1) is 12.1. The van der Waals surface area contributed by atoms with Crippen molar-refractivity contribution in [2.45, 2.75) is 38.4 Å². The Morgan fingerprint density at radius 2 is 2.20 bits per heavy atom. The van der Waals surface area contributed by atoms with Crippen molar-refractivity contribution in [2.75, 3.05) is 13.1 Å². The number of carbonyl (C=O) groups is 1. The molecule has 6 nitrogen and oxygen atoms in total. The van der Waals surface area contributed by atoms with E-state index in [2.05, 4.69) is 15.2 Å². The molecule has 0 unspecified atom stereocenters. The molecule has 4 rings (SSSR count). The zero-order valence-corrected chi connectivity index (χ0v) is 14.1. The van der Waals surface area contributed by atoms with Gasteiger partial charge in [0, 0.05) is 13.1 Å². The van der Waals surface area contributed by atoms with Crippen LogP contribution in [0.25, 0.3) is 0 Å². The van der Waals surface area contributed by atoms with Crippen LogP contribution in [-0.2, 0) is 16.0 Å². The van der Waals surface area contributed by atoms with Gasteiger partial charge in [-0.3, -0.25) is 9.89 Å². The Morgan fingerprint density at radius 3 is 2.92 bits per heavy atom. The summed E-state index contributed by atoms with van der Waals surface area (Å²) in [6, 6.07) is 6.10. The summed E-state index contributed by atoms with van der Waals surface area (Å²) in [5.41, 5.74) is 0.829. The number of aryl methyl sites for hydroxylation is 1. The van der Waals surface area contributed by atoms with Gasteiger partial charge in [0.05, 0.1) is 12.5 Å². The molecule has 2 fully saturated rings. The van der Waals surface area contributed by atoms with Gasteiger partial charge in [-0.05, 0) is 43.4 Å². The van der Waals surface area contributed by atoms with E-state index in [1.807, 2.05) is 11.8 Å². The maximum Gasteiger partial charge on any atom is 0.227 e. The van der Waals surface area contributed by atoms with Gasteiger partial charge in [0.25, 0.3) is 0 Å². The Kier molecular flexibility index (Phi) is 4.25. The number of benzene rings is 1. The summed E-state index contributed by atoms with van der Waals surface area (Å²) in [4.78, 5) is 18.8. The zero-order valence-electron chi connectivity index (χ0n) is 14.1. The first-order valence-corrected chi connectivity index (χ1v) is 8.65. The zero-order chi connectivity index (χ0) is 17.4. The minimum absolute atomic E-state index is 0.0368. The minimum Gasteiger partial charge on any atom is -0.365 e. The molecule has 3 heterocycles. The summed E-state index contributed by atoms with van der Waals surface area (Å²) in [7, 11) is 0. The molecule has 0 radical (unpaired) electrons. The molecule has 0 aliphatic carbocycles. The van der Waals surface area contributed by atoms with E-state index < -0.39 is 0 Å². The normalized spacial score (nSPS) is 25.8. The third-order valence-corrected chi connectivity index (χ3v) is 5.08. The van der Waals surface area contributed by atoms with Gasteiger partial charge in [0.15, 0.2) is 5.82 Å². The van der Waals surface area contributed by atoms with Crippen LogP contribution >= 0.6 is 0 Å². The Bertz CT molecular complexity index is 761. The number of likely N-dealkylation sites (tertiary alicyclic amines) is 1. The second-order valence-corrected chi connectivity index (χ2v) is 6.87. The average molecular weight is 344 g/mol. The van der Waals surface area contributed by atoms with E-state index in [1.54, 1.807) is 12.1 Å². The van der Waals surface area contributed by atoms with Crippen LogP contribution in [0.15, 0.2) is 24.3 Å². The number of carbonyl (C=O) groups excluding carboxylic acids is 1. The van der Waals surface area contributed by atoms with Crippen molar-refractivity contribution in [1.29, 1.82) is 0 Å². The summed E-state index contributed by atoms with van der Waals surface area (Å²) in [6.45, 7) is 3.21. The molecule has 2 aliphatic heterocycles. The van der Waals surface area contributed by atoms with E-state index in [0.717, 1.165) is 30.8 Å². The number of amides is 1. The molecule has 0 saturated carbocycles. The Balaban J connectivity index is 1.37. The second kappa shape index (κ2) is 6.55. The van der Waals surface area contributed by atoms with Crippen molar-refractivity contribution in [3.63, 3.8) is 0 Å². The lowest BCUT2D eigenvalue weighted by Gasteiger charge is -2.34. The van der Waals surface area contributed by atoms with Crippen LogP contribution in [0, 0.1) is 18.7 Å². The standard InChI is InChI=1S/C18H21FN4O2/c1-11-20-18(22-21-11)15-9-13-6-7-23(10-16(13)25-15)17(24)8-12-2-4-14(19)5-3-12/h2-5,13,15-16H,6-10H2,1H3,(H,20,21,22)/t13-,15+,16+/m1/s1. The van der Waals surface area contributed by atoms with Crippen LogP contribution in [0.4, 0.5) is 4.39 Å². The number of aromatic amines is 1. The number of rotatable bonds is 3. The van der Waals surface area contributed by atoms with Crippen LogP contribution in [0.2, 0.25) is 0 Å². The lowest BCUT2D eigenvalue weighted by molar-refractivity contribution is -0.135. The van der Waals surface area contributed by atoms with E-state index >= 15 is 0 Å². The van der Waals surface area contributed by atoms with Crippen molar-refractivity contribution in [3.05, 3.63) is 47.3 Å². The molecular weight excluding hydrogens is 323 g/mol. The third kappa shape index (κ3) is 3.42. The monoisotopic (exact) mass is 344 g/mol. The molecule has 1 N–H and O–H groups in total. The molecule has 1 aromatic heterocycles. The third-order valence-electron chi connectivity index (χ3n) is 5.08. The van der Waals surface area contributed by atoms with Crippen molar-refractivity contribution >= 4 is 5.91 Å². The van der Waals surface area contributed by atoms with Crippen molar-refractivity contribution in [1.82, 2.24) is 20.1 Å². The molecule has 2 aliphatic rings. The van der Waals surface area contributed by atoms with Gasteiger partial charge in [0.2, 0.25) is 5.91 Å². The number of ether oxygens (including phenoxy) is 1. The highest BCUT2D eigenvalue weighted by atomic mass is 19.1. The highest BCUT2D eigenvalue weighted by molar-refractivity contribution is 5.78. The highest BCUT2D eigenvalue weighted by Gasteiger charge is 2.41. The number of halogens is 1. The van der Waals surface area contributed by atoms with Gasteiger partial charge in [-0.1, -0.05) is 12.1 Å². The maximum absolute atomic E-state index is 13.0. The highest BCUT2D eigenvalue weighted by Crippen LogP contribution is 2.39. The van der Waals surface area contributed by atoms with Crippen molar-refractivity contribution < 1.29 is 13.9 Å². The lowest BCUT2D eigenvalue weighted by atomic mass is 9.91. The smallest absolute Gasteiger partial charge is 0.227 e. The number of nitrogens with one attached hydrogen (secondary N) is 1. The van der Waals surface area contributed by atoms with E-state index in [1.165, 1.54) is 12.1 Å². The number of fused-ring (bicyclic) bond motifs is 1. The Morgan fingerprint density at radius 1 is 1.40 bits per heavy atom. The molecule has 3 atom stereocenters. The predicted molar refractivity (Wildman–Crippen MR) is 88.1 cm³/mol. The maximum atomic E-state index is 13.0. The minimum atomic E-state index is -0.287. The second-order valence-electron chi connectivity index (χ2n) is 6.87. The van der Waals surface area contributed by atoms with E-state index in [-0.39, 0.29) is 23.9 Å². The van der Waals surface area contributed by atoms with Crippen LogP contribution in [0.3, 0.4) is 0 Å². The van der Waals surface area contributed by atoms with Crippen LogP contribution < -0.4 is 0 Å². The Hall–Kier alpha value is -2.28. The Labute approximate surface area is 145 Å². The number of hydrogen-bond donors (Lipinski definition) is 1. The first-order valence-electron chi connectivity index (χ1n) is 8.65. The number of nitrogens with zero attached hydrogens (tertiary/aromatic N) is 3. The molecule has 2 saturated heterocycles. The number of piperidine rings is 1. The van der Waals surface area contributed by atoms with E-state index in [9.17, 15) is 9.18 Å². The molecule has 7 heteroatoms. The fourth-order valence-corrected chi connectivity index (χ4v) is 3.72. The first kappa shape index (κ1) is 16.2. The average Bonchev–Trinajstić information content (AvgIpc) is 3.22. The molecule has 0 spiro atoms. The lowest BCUT2D eigenvalue weighted by Crippen LogP contribution is -2.45. The molecule has 0 bridgehead atoms. The van der Waals surface area contributed by atoms with Crippen molar-refractivity contribution in [3.8, 4) is 0 Å². The number of hydrogen-bond acceptors (Lipinski definition) is 4. The molecule has 2 aromatic rings. The molecule has 1 aromatic carbocycles. The van der Waals surface area contributed by atoms with Crippen LogP contribution in [-0.4, -0.2) is 45.2 Å². The predicted octanol–water partition coefficient (Wildman–Crippen LogP) is 2.17. The molecule has 25 heavy (non-hydrogen) atoms. The van der Waals surface area contributed by atoms with Crippen LogP contribution in [0.1, 0.15) is 36.2 Å². The van der Waals surface area contributed by atoms with Gasteiger partial charge in [-0.15, -0.1) is 0 Å². The van der Waals surface area contributed by atoms with Gasteiger partial charge in [0.1, 0.15) is 17.7 Å². The summed E-state index contributed by atoms with van der Waals surface area (Å²) in [6.07, 6.45) is 2.07.